The number of aromatic nitrogens is 1. The number of rotatable bonds is 1. The second-order valence-electron chi connectivity index (χ2n) is 3.58. The molecule has 0 aliphatic heterocycles. The minimum Gasteiger partial charge on any atom is -0.394 e. The molecule has 16 heavy (non-hydrogen) atoms. The molecule has 2 aromatic rings. The van der Waals surface area contributed by atoms with Crippen LogP contribution in [0.3, 0.4) is 0 Å². The van der Waals surface area contributed by atoms with Gasteiger partial charge in [0.15, 0.2) is 0 Å². The van der Waals surface area contributed by atoms with Crippen molar-refractivity contribution in [3.63, 3.8) is 0 Å². The molecule has 0 spiro atoms. The molecule has 1 aromatic carbocycles. The predicted molar refractivity (Wildman–Crippen MR) is 66.2 cm³/mol. The monoisotopic (exact) mass is 234 g/mol. The molecule has 2 rings (SSSR count). The summed E-state index contributed by atoms with van der Waals surface area (Å²) in [7, 11) is 0. The molecule has 4 heteroatoms. The molecule has 0 fully saturated rings. The van der Waals surface area contributed by atoms with Gasteiger partial charge in [0.2, 0.25) is 0 Å². The summed E-state index contributed by atoms with van der Waals surface area (Å²) in [5, 5.41) is 0.445. The maximum absolute atomic E-state index is 11.9. The zero-order valence-electron chi connectivity index (χ0n) is 8.77. The number of nitrogens with two attached hydrogens (primary N) is 1. The molecule has 1 heterocycles. The van der Waals surface area contributed by atoms with Crippen LogP contribution >= 0.6 is 11.6 Å². The van der Waals surface area contributed by atoms with E-state index in [1.54, 1.807) is 6.20 Å². The normalized spacial score (nSPS) is 10.4. The van der Waals surface area contributed by atoms with Crippen molar-refractivity contribution >= 4 is 17.3 Å². The highest BCUT2D eigenvalue weighted by molar-refractivity contribution is 6.30. The lowest BCUT2D eigenvalue weighted by molar-refractivity contribution is 0.982. The first-order valence-electron chi connectivity index (χ1n) is 4.83. The van der Waals surface area contributed by atoms with Crippen LogP contribution in [0.2, 0.25) is 5.02 Å². The summed E-state index contributed by atoms with van der Waals surface area (Å²) >= 11 is 5.88. The Balaban J connectivity index is 2.75. The second-order valence-corrected chi connectivity index (χ2v) is 4.01. The summed E-state index contributed by atoms with van der Waals surface area (Å²) in [4.78, 5) is 11.9. The smallest absolute Gasteiger partial charge is 0.278 e. The molecule has 0 unspecified atom stereocenters. The highest BCUT2D eigenvalue weighted by atomic mass is 35.5. The molecule has 0 aliphatic rings. The van der Waals surface area contributed by atoms with Crippen LogP contribution in [-0.4, -0.2) is 4.57 Å². The van der Waals surface area contributed by atoms with Gasteiger partial charge in [0, 0.05) is 6.20 Å². The number of halogens is 1. The first kappa shape index (κ1) is 10.8. The predicted octanol–water partition coefficient (Wildman–Crippen LogP) is 2.38. The van der Waals surface area contributed by atoms with Crippen LogP contribution in [0.4, 0.5) is 5.69 Å². The Morgan fingerprint density at radius 1 is 1.31 bits per heavy atom. The van der Waals surface area contributed by atoms with Crippen molar-refractivity contribution in [2.45, 2.75) is 6.92 Å². The van der Waals surface area contributed by atoms with Gasteiger partial charge in [-0.25, -0.2) is 0 Å². The first-order chi connectivity index (χ1) is 7.59. The zero-order valence-corrected chi connectivity index (χ0v) is 9.53. The molecule has 0 saturated carbocycles. The standard InChI is InChI=1S/C12H11ClN2O/c1-8-4-2-3-5-11(8)15-7-9(13)6-10(14)12(15)16/h2-7H,14H2,1H3. The molecule has 2 N–H and O–H groups in total. The fraction of sp³-hybridized carbons (Fsp3) is 0.0833. The van der Waals surface area contributed by atoms with E-state index in [1.165, 1.54) is 10.6 Å². The van der Waals surface area contributed by atoms with Crippen molar-refractivity contribution in [1.82, 2.24) is 4.57 Å². The average Bonchev–Trinajstić information content (AvgIpc) is 2.24. The van der Waals surface area contributed by atoms with E-state index in [0.717, 1.165) is 11.3 Å². The number of para-hydroxylation sites is 1. The molecule has 0 aliphatic carbocycles. The van der Waals surface area contributed by atoms with Gasteiger partial charge >= 0.3 is 0 Å². The van der Waals surface area contributed by atoms with Gasteiger partial charge in [-0.15, -0.1) is 0 Å². The summed E-state index contributed by atoms with van der Waals surface area (Å²) < 4.78 is 1.47. The quantitative estimate of drug-likeness (QED) is 0.824. The average molecular weight is 235 g/mol. The maximum atomic E-state index is 11.9. The molecule has 1 aromatic heterocycles. The van der Waals surface area contributed by atoms with Crippen LogP contribution in [0.1, 0.15) is 5.56 Å². The molecule has 0 amide bonds. The zero-order chi connectivity index (χ0) is 11.7. The number of hydrogen-bond acceptors (Lipinski definition) is 2. The summed E-state index contributed by atoms with van der Waals surface area (Å²) in [6, 6.07) is 9.02. The van der Waals surface area contributed by atoms with E-state index in [4.69, 9.17) is 17.3 Å². The molecule has 0 saturated heterocycles. The van der Waals surface area contributed by atoms with Crippen LogP contribution in [0.5, 0.6) is 0 Å². The molecule has 0 bridgehead atoms. The Morgan fingerprint density at radius 3 is 2.69 bits per heavy atom. The van der Waals surface area contributed by atoms with Crippen LogP contribution in [0, 0.1) is 6.92 Å². The lowest BCUT2D eigenvalue weighted by Gasteiger charge is -2.09. The fourth-order valence-electron chi connectivity index (χ4n) is 1.58. The van der Waals surface area contributed by atoms with Crippen LogP contribution in [0.15, 0.2) is 41.3 Å². The van der Waals surface area contributed by atoms with Crippen molar-refractivity contribution in [3.8, 4) is 5.69 Å². The number of anilines is 1. The number of pyridine rings is 1. The minimum absolute atomic E-state index is 0.149. The topological polar surface area (TPSA) is 48.0 Å². The Morgan fingerprint density at radius 2 is 2.00 bits per heavy atom. The fourth-order valence-corrected chi connectivity index (χ4v) is 1.80. The van der Waals surface area contributed by atoms with E-state index in [1.807, 2.05) is 31.2 Å². The maximum Gasteiger partial charge on any atom is 0.278 e. The molecule has 0 atom stereocenters. The Bertz CT molecular complexity index is 590. The van der Waals surface area contributed by atoms with Gasteiger partial charge in [-0.1, -0.05) is 29.8 Å². The minimum atomic E-state index is -0.251. The van der Waals surface area contributed by atoms with E-state index in [9.17, 15) is 4.79 Å². The van der Waals surface area contributed by atoms with Crippen molar-refractivity contribution in [1.29, 1.82) is 0 Å². The Hall–Kier alpha value is -1.74. The molecular formula is C12H11ClN2O. The van der Waals surface area contributed by atoms with Gasteiger partial charge in [0.05, 0.1) is 16.4 Å². The van der Waals surface area contributed by atoms with E-state index >= 15 is 0 Å². The van der Waals surface area contributed by atoms with Crippen LogP contribution < -0.4 is 11.3 Å². The van der Waals surface area contributed by atoms with Gasteiger partial charge < -0.3 is 5.73 Å². The molecule has 82 valence electrons. The largest absolute Gasteiger partial charge is 0.394 e. The van der Waals surface area contributed by atoms with Crippen LogP contribution in [-0.2, 0) is 0 Å². The molecule has 3 nitrogen and oxygen atoms in total. The second kappa shape index (κ2) is 4.02. The third-order valence-electron chi connectivity index (χ3n) is 2.39. The van der Waals surface area contributed by atoms with Crippen molar-refractivity contribution in [2.75, 3.05) is 5.73 Å². The van der Waals surface area contributed by atoms with Crippen LogP contribution in [0.25, 0.3) is 5.69 Å². The van der Waals surface area contributed by atoms with Gasteiger partial charge in [-0.3, -0.25) is 9.36 Å². The third-order valence-corrected chi connectivity index (χ3v) is 2.59. The summed E-state index contributed by atoms with van der Waals surface area (Å²) in [6.45, 7) is 1.93. The van der Waals surface area contributed by atoms with Crippen molar-refractivity contribution in [2.24, 2.45) is 0 Å². The highest BCUT2D eigenvalue weighted by Crippen LogP contribution is 2.15. The summed E-state index contributed by atoms with van der Waals surface area (Å²) in [5.41, 5.74) is 7.27. The Kier molecular flexibility index (Phi) is 2.71. The van der Waals surface area contributed by atoms with Gasteiger partial charge in [-0.05, 0) is 24.6 Å². The van der Waals surface area contributed by atoms with E-state index in [2.05, 4.69) is 0 Å². The lowest BCUT2D eigenvalue weighted by Crippen LogP contribution is -2.21. The van der Waals surface area contributed by atoms with Crippen molar-refractivity contribution in [3.05, 3.63) is 57.5 Å². The number of aryl methyl sites for hydroxylation is 1. The summed E-state index contributed by atoms with van der Waals surface area (Å²) in [6.07, 6.45) is 1.57. The number of hydrogen-bond donors (Lipinski definition) is 1. The first-order valence-corrected chi connectivity index (χ1v) is 5.21. The van der Waals surface area contributed by atoms with E-state index in [0.29, 0.717) is 5.02 Å². The van der Waals surface area contributed by atoms with E-state index < -0.39 is 0 Å². The van der Waals surface area contributed by atoms with Gasteiger partial charge in [-0.2, -0.15) is 0 Å². The number of nitrogen functional groups attached to an aromatic ring is 1. The number of nitrogens with zero attached hydrogens (tertiary/aromatic N) is 1. The lowest BCUT2D eigenvalue weighted by atomic mass is 10.2. The van der Waals surface area contributed by atoms with Gasteiger partial charge in [0.1, 0.15) is 0 Å². The highest BCUT2D eigenvalue weighted by Gasteiger charge is 2.06. The summed E-state index contributed by atoms with van der Waals surface area (Å²) in [5.74, 6) is 0. The van der Waals surface area contributed by atoms with Crippen molar-refractivity contribution < 1.29 is 0 Å². The van der Waals surface area contributed by atoms with Gasteiger partial charge in [0.25, 0.3) is 5.56 Å². The molecule has 0 radical (unpaired) electrons. The SMILES string of the molecule is Cc1ccccc1-n1cc(Cl)cc(N)c1=O. The Labute approximate surface area is 98.1 Å². The third kappa shape index (κ3) is 1.82. The molecular weight excluding hydrogens is 224 g/mol. The number of benzene rings is 1. The van der Waals surface area contributed by atoms with E-state index in [-0.39, 0.29) is 11.2 Å².